The lowest BCUT2D eigenvalue weighted by Gasteiger charge is -2.05. The van der Waals surface area contributed by atoms with Crippen molar-refractivity contribution in [3.63, 3.8) is 0 Å². The number of para-hydroxylation sites is 3. The van der Waals surface area contributed by atoms with E-state index < -0.39 is 0 Å². The smallest absolute Gasteiger partial charge is 0.177 e. The van der Waals surface area contributed by atoms with E-state index in [0.29, 0.717) is 5.75 Å². The monoisotopic (exact) mass is 280 g/mol. The van der Waals surface area contributed by atoms with Gasteiger partial charge in [-0.15, -0.1) is 0 Å². The number of nitrogens with zero attached hydrogens (tertiary/aromatic N) is 2. The minimum absolute atomic E-state index is 0.0114. The number of aromatic nitrogens is 2. The molecule has 1 aromatic heterocycles. The second kappa shape index (κ2) is 5.79. The van der Waals surface area contributed by atoms with Crippen molar-refractivity contribution in [3.8, 4) is 5.75 Å². The lowest BCUT2D eigenvalue weighted by atomic mass is 10.3. The van der Waals surface area contributed by atoms with E-state index in [-0.39, 0.29) is 18.8 Å². The Bertz CT molecular complexity index is 763. The van der Waals surface area contributed by atoms with Gasteiger partial charge in [-0.3, -0.25) is 4.79 Å². The Labute approximate surface area is 123 Å². The molecule has 1 heterocycles. The lowest BCUT2D eigenvalue weighted by Crippen LogP contribution is -2.16. The van der Waals surface area contributed by atoms with E-state index in [4.69, 9.17) is 4.74 Å². The summed E-state index contributed by atoms with van der Waals surface area (Å²) in [5, 5.41) is 0. The number of carbonyl (C=O) groups excluding carboxylic acids is 1. The molecule has 0 saturated carbocycles. The third-order valence-electron chi connectivity index (χ3n) is 3.38. The van der Waals surface area contributed by atoms with E-state index in [9.17, 15) is 4.79 Å². The first kappa shape index (κ1) is 13.4. The topological polar surface area (TPSA) is 44.1 Å². The zero-order valence-electron chi connectivity index (χ0n) is 11.8. The summed E-state index contributed by atoms with van der Waals surface area (Å²) in [5.41, 5.74) is 1.94. The maximum atomic E-state index is 12.0. The van der Waals surface area contributed by atoms with Gasteiger partial charge >= 0.3 is 0 Å². The summed E-state index contributed by atoms with van der Waals surface area (Å²) < 4.78 is 7.42. The van der Waals surface area contributed by atoms with Crippen molar-refractivity contribution in [1.29, 1.82) is 0 Å². The highest BCUT2D eigenvalue weighted by Crippen LogP contribution is 2.15. The molecule has 3 rings (SSSR count). The molecule has 4 heteroatoms. The largest absolute Gasteiger partial charge is 0.486 e. The van der Waals surface area contributed by atoms with Gasteiger partial charge in [0.2, 0.25) is 0 Å². The van der Waals surface area contributed by atoms with Gasteiger partial charge in [0, 0.05) is 7.05 Å². The van der Waals surface area contributed by atoms with Gasteiger partial charge in [0.15, 0.2) is 5.78 Å². The standard InChI is InChI=1S/C17H16N2O2/c1-19-16-10-6-5-9-15(16)18-17(19)11-13(20)12-21-14-7-3-2-4-8-14/h2-10H,11-12H2,1H3. The van der Waals surface area contributed by atoms with Crippen LogP contribution in [0.2, 0.25) is 0 Å². The van der Waals surface area contributed by atoms with Crippen LogP contribution in [0.3, 0.4) is 0 Å². The summed E-state index contributed by atoms with van der Waals surface area (Å²) in [6.45, 7) is 0.0627. The van der Waals surface area contributed by atoms with Crippen molar-refractivity contribution >= 4 is 16.8 Å². The molecule has 0 aliphatic heterocycles. The first-order valence-corrected chi connectivity index (χ1v) is 6.84. The Morgan fingerprint density at radius 3 is 2.57 bits per heavy atom. The number of carbonyl (C=O) groups is 1. The number of Topliss-reactive ketones (excluding diaryl/α,β-unsaturated/α-hetero) is 1. The molecule has 0 spiro atoms. The average Bonchev–Trinajstić information content (AvgIpc) is 2.83. The Kier molecular flexibility index (Phi) is 3.69. The second-order valence-electron chi connectivity index (χ2n) is 4.89. The predicted octanol–water partition coefficient (Wildman–Crippen LogP) is 2.76. The molecule has 2 aromatic carbocycles. The quantitative estimate of drug-likeness (QED) is 0.722. The third-order valence-corrected chi connectivity index (χ3v) is 3.38. The number of rotatable bonds is 5. The fourth-order valence-electron chi connectivity index (χ4n) is 2.26. The van der Waals surface area contributed by atoms with Crippen molar-refractivity contribution < 1.29 is 9.53 Å². The molecule has 3 aromatic rings. The van der Waals surface area contributed by atoms with Crippen LogP contribution in [0.1, 0.15) is 5.82 Å². The van der Waals surface area contributed by atoms with Crippen LogP contribution in [0.5, 0.6) is 5.75 Å². The summed E-state index contributed by atoms with van der Waals surface area (Å²) in [4.78, 5) is 16.5. The van der Waals surface area contributed by atoms with E-state index in [1.54, 1.807) is 0 Å². The van der Waals surface area contributed by atoms with Crippen LogP contribution in [0.15, 0.2) is 54.6 Å². The minimum Gasteiger partial charge on any atom is -0.486 e. The first-order chi connectivity index (χ1) is 10.2. The molecule has 0 unspecified atom stereocenters. The number of hydrogen-bond donors (Lipinski definition) is 0. The van der Waals surface area contributed by atoms with Crippen molar-refractivity contribution in [2.45, 2.75) is 6.42 Å². The number of aryl methyl sites for hydroxylation is 1. The SMILES string of the molecule is Cn1c(CC(=O)COc2ccccc2)nc2ccccc21. The van der Waals surface area contributed by atoms with Gasteiger partial charge < -0.3 is 9.30 Å². The number of benzene rings is 2. The Balaban J connectivity index is 1.67. The zero-order valence-corrected chi connectivity index (χ0v) is 11.8. The molecule has 0 saturated heterocycles. The van der Waals surface area contributed by atoms with Crippen LogP contribution < -0.4 is 4.74 Å². The van der Waals surface area contributed by atoms with Crippen molar-refractivity contribution in [2.24, 2.45) is 7.05 Å². The van der Waals surface area contributed by atoms with Gasteiger partial charge in [-0.2, -0.15) is 0 Å². The Morgan fingerprint density at radius 1 is 1.10 bits per heavy atom. The Morgan fingerprint density at radius 2 is 1.81 bits per heavy atom. The summed E-state index contributed by atoms with van der Waals surface area (Å²) in [7, 11) is 1.93. The fraction of sp³-hybridized carbons (Fsp3) is 0.176. The molecular weight excluding hydrogens is 264 g/mol. The molecule has 0 aliphatic rings. The number of ether oxygens (including phenoxy) is 1. The van der Waals surface area contributed by atoms with Crippen LogP contribution in [-0.4, -0.2) is 21.9 Å². The van der Waals surface area contributed by atoms with E-state index in [2.05, 4.69) is 4.98 Å². The highest BCUT2D eigenvalue weighted by Gasteiger charge is 2.12. The molecule has 4 nitrogen and oxygen atoms in total. The number of imidazole rings is 1. The number of ketones is 1. The maximum absolute atomic E-state index is 12.0. The van der Waals surface area contributed by atoms with Crippen LogP contribution >= 0.6 is 0 Å². The highest BCUT2D eigenvalue weighted by molar-refractivity contribution is 5.83. The van der Waals surface area contributed by atoms with E-state index in [1.807, 2.05) is 66.2 Å². The molecule has 0 bridgehead atoms. The van der Waals surface area contributed by atoms with Crippen LogP contribution in [0, 0.1) is 0 Å². The summed E-state index contributed by atoms with van der Waals surface area (Å²) in [5.74, 6) is 1.48. The molecule has 0 atom stereocenters. The zero-order chi connectivity index (χ0) is 14.7. The molecule has 0 N–H and O–H groups in total. The highest BCUT2D eigenvalue weighted by atomic mass is 16.5. The van der Waals surface area contributed by atoms with Gasteiger partial charge in [0.25, 0.3) is 0 Å². The summed E-state index contributed by atoms with van der Waals surface area (Å²) in [6.07, 6.45) is 0.276. The number of hydrogen-bond acceptors (Lipinski definition) is 3. The van der Waals surface area contributed by atoms with Crippen LogP contribution in [-0.2, 0) is 18.3 Å². The summed E-state index contributed by atoms with van der Waals surface area (Å²) >= 11 is 0. The molecular formula is C17H16N2O2. The predicted molar refractivity (Wildman–Crippen MR) is 81.4 cm³/mol. The second-order valence-corrected chi connectivity index (χ2v) is 4.89. The van der Waals surface area contributed by atoms with Crippen LogP contribution in [0.4, 0.5) is 0 Å². The molecule has 106 valence electrons. The average molecular weight is 280 g/mol. The van der Waals surface area contributed by atoms with Crippen molar-refractivity contribution in [2.75, 3.05) is 6.61 Å². The Hall–Kier alpha value is -2.62. The normalized spacial score (nSPS) is 10.7. The van der Waals surface area contributed by atoms with Gasteiger partial charge in [-0.25, -0.2) is 4.98 Å². The van der Waals surface area contributed by atoms with Crippen LogP contribution in [0.25, 0.3) is 11.0 Å². The minimum atomic E-state index is 0.0114. The van der Waals surface area contributed by atoms with Crippen molar-refractivity contribution in [3.05, 3.63) is 60.4 Å². The van der Waals surface area contributed by atoms with Gasteiger partial charge in [-0.1, -0.05) is 30.3 Å². The van der Waals surface area contributed by atoms with Crippen molar-refractivity contribution in [1.82, 2.24) is 9.55 Å². The lowest BCUT2D eigenvalue weighted by molar-refractivity contribution is -0.120. The molecule has 0 fully saturated rings. The molecule has 0 radical (unpaired) electrons. The number of fused-ring (bicyclic) bond motifs is 1. The van der Waals surface area contributed by atoms with Gasteiger partial charge in [0.1, 0.15) is 18.2 Å². The van der Waals surface area contributed by atoms with E-state index >= 15 is 0 Å². The van der Waals surface area contributed by atoms with Gasteiger partial charge in [0.05, 0.1) is 17.5 Å². The third kappa shape index (κ3) is 2.94. The van der Waals surface area contributed by atoms with E-state index in [1.165, 1.54) is 0 Å². The first-order valence-electron chi connectivity index (χ1n) is 6.84. The van der Waals surface area contributed by atoms with Gasteiger partial charge in [-0.05, 0) is 24.3 Å². The van der Waals surface area contributed by atoms with E-state index in [0.717, 1.165) is 16.9 Å². The summed E-state index contributed by atoms with van der Waals surface area (Å²) in [6, 6.07) is 17.2. The fourth-order valence-corrected chi connectivity index (χ4v) is 2.26. The molecule has 0 amide bonds. The molecule has 0 aliphatic carbocycles. The maximum Gasteiger partial charge on any atom is 0.177 e. The molecule has 21 heavy (non-hydrogen) atoms.